The van der Waals surface area contributed by atoms with Gasteiger partial charge >= 0.3 is 0 Å². The normalized spacial score (nSPS) is 17.9. The molecule has 4 N–H and O–H groups in total. The highest BCUT2D eigenvalue weighted by Crippen LogP contribution is 2.48. The number of fused-ring (bicyclic) bond motifs is 17. The van der Waals surface area contributed by atoms with E-state index in [-0.39, 0.29) is 23.6 Å². The number of rotatable bonds is 0. The summed E-state index contributed by atoms with van der Waals surface area (Å²) in [5, 5.41) is 40.9. The topological polar surface area (TPSA) is 83.0 Å². The Hall–Kier alpha value is -6.08. The molecule has 290 valence electrons. The van der Waals surface area contributed by atoms with Crippen LogP contribution >= 0.6 is 0 Å². The van der Waals surface area contributed by atoms with Gasteiger partial charge in [0.2, 0.25) is 0 Å². The van der Waals surface area contributed by atoms with E-state index in [4.69, 9.17) is 9.47 Å². The second kappa shape index (κ2) is 15.7. The molecule has 0 amide bonds. The molecule has 0 saturated heterocycles. The van der Waals surface area contributed by atoms with E-state index >= 15 is 0 Å². The number of phenolic OH excluding ortho intramolecular Hbond substituents is 2. The third kappa shape index (κ3) is 6.66. The number of nitrogens with one attached hydrogen (secondary N) is 2. The van der Waals surface area contributed by atoms with Gasteiger partial charge in [-0.15, -0.1) is 0 Å². The summed E-state index contributed by atoms with van der Waals surface area (Å²) in [4.78, 5) is 0. The minimum atomic E-state index is 0.178. The van der Waals surface area contributed by atoms with E-state index in [1.165, 1.54) is 0 Å². The second-order valence-corrected chi connectivity index (χ2v) is 15.9. The number of aromatic hydroxyl groups is 2. The number of phenols is 2. The van der Waals surface area contributed by atoms with Crippen LogP contribution in [0.4, 0.5) is 0 Å². The summed E-state index contributed by atoms with van der Waals surface area (Å²) < 4.78 is 13.4. The van der Waals surface area contributed by atoms with Crippen LogP contribution in [0.15, 0.2) is 133 Å². The first-order valence-corrected chi connectivity index (χ1v) is 20.9. The lowest BCUT2D eigenvalue weighted by molar-refractivity contribution is 0.268. The molecule has 0 radical (unpaired) electrons. The predicted molar refractivity (Wildman–Crippen MR) is 237 cm³/mol. The van der Waals surface area contributed by atoms with Gasteiger partial charge in [-0.3, -0.25) is 0 Å². The molecule has 10 rings (SSSR count). The van der Waals surface area contributed by atoms with Gasteiger partial charge < -0.3 is 30.3 Å². The van der Waals surface area contributed by atoms with Crippen LogP contribution in [0, 0.1) is 0 Å². The van der Waals surface area contributed by atoms with Crippen LogP contribution in [0.3, 0.4) is 0 Å². The van der Waals surface area contributed by atoms with Gasteiger partial charge in [0.25, 0.3) is 0 Å². The van der Waals surface area contributed by atoms with Crippen LogP contribution in [0.25, 0.3) is 65.3 Å². The molecule has 4 bridgehead atoms. The molecular weight excluding hydrogens is 717 g/mol. The highest BCUT2D eigenvalue weighted by molar-refractivity contribution is 6.11. The van der Waals surface area contributed by atoms with Gasteiger partial charge in [-0.2, -0.15) is 0 Å². The first-order valence-electron chi connectivity index (χ1n) is 20.9. The fourth-order valence-electron chi connectivity index (χ4n) is 9.49. The van der Waals surface area contributed by atoms with Crippen LogP contribution < -0.4 is 20.1 Å². The van der Waals surface area contributed by atoms with Crippen molar-refractivity contribution in [2.45, 2.75) is 63.7 Å². The quantitative estimate of drug-likeness (QED) is 0.123. The van der Waals surface area contributed by atoms with Crippen molar-refractivity contribution in [2.75, 3.05) is 13.2 Å². The Morgan fingerprint density at radius 2 is 0.793 bits per heavy atom. The van der Waals surface area contributed by atoms with E-state index in [0.29, 0.717) is 26.3 Å². The highest BCUT2D eigenvalue weighted by Gasteiger charge is 2.28. The summed E-state index contributed by atoms with van der Waals surface area (Å²) in [6.45, 7) is 2.01. The molecule has 1 aliphatic carbocycles. The van der Waals surface area contributed by atoms with Gasteiger partial charge in [-0.1, -0.05) is 122 Å². The van der Waals surface area contributed by atoms with Crippen molar-refractivity contribution in [2.24, 2.45) is 0 Å². The average molecular weight is 765 g/mol. The molecule has 2 aliphatic rings. The van der Waals surface area contributed by atoms with Crippen molar-refractivity contribution in [1.82, 2.24) is 10.6 Å². The summed E-state index contributed by atoms with van der Waals surface area (Å²) >= 11 is 0. The molecule has 0 unspecified atom stereocenters. The van der Waals surface area contributed by atoms with Gasteiger partial charge in [-0.25, -0.2) is 0 Å². The first kappa shape index (κ1) is 36.3. The fraction of sp³-hybridized carbons (Fsp3) is 0.231. The van der Waals surface area contributed by atoms with E-state index in [2.05, 4.69) is 132 Å². The SMILES string of the molecule is Oc1c2cc3ccccc3c1-c1c(ccc3ccccc13)OCCCCOc1ccc3ccccc3c1-c1c(O)c(cc3ccccc13)CN[C@H]1CCCC[C@@H]1NC2. The van der Waals surface area contributed by atoms with Crippen LogP contribution in [0.2, 0.25) is 0 Å². The zero-order valence-electron chi connectivity index (χ0n) is 32.6. The molecular formula is C52H48N2O4. The van der Waals surface area contributed by atoms with Crippen molar-refractivity contribution < 1.29 is 19.7 Å². The zero-order valence-corrected chi connectivity index (χ0v) is 32.6. The van der Waals surface area contributed by atoms with Gasteiger partial charge in [0, 0.05) is 58.6 Å². The molecule has 1 saturated carbocycles. The lowest BCUT2D eigenvalue weighted by atomic mass is 9.88. The van der Waals surface area contributed by atoms with E-state index in [1.807, 2.05) is 12.1 Å². The lowest BCUT2D eigenvalue weighted by Crippen LogP contribution is -2.49. The summed E-state index contributed by atoms with van der Waals surface area (Å²) in [5.41, 5.74) is 5.16. The first-order chi connectivity index (χ1) is 28.6. The maximum absolute atomic E-state index is 12.4. The lowest BCUT2D eigenvalue weighted by Gasteiger charge is -2.33. The molecule has 2 atom stereocenters. The molecule has 0 aromatic heterocycles. The van der Waals surface area contributed by atoms with Crippen LogP contribution in [-0.4, -0.2) is 35.5 Å². The summed E-state index contributed by atoms with van der Waals surface area (Å²) in [7, 11) is 0. The Labute approximate surface area is 339 Å². The molecule has 58 heavy (non-hydrogen) atoms. The molecule has 1 fully saturated rings. The fourth-order valence-corrected chi connectivity index (χ4v) is 9.49. The number of hydrogen-bond donors (Lipinski definition) is 4. The van der Waals surface area contributed by atoms with Crippen LogP contribution in [0.1, 0.15) is 49.7 Å². The Morgan fingerprint density at radius 1 is 0.414 bits per heavy atom. The van der Waals surface area contributed by atoms with Crippen LogP contribution in [-0.2, 0) is 13.1 Å². The largest absolute Gasteiger partial charge is 0.507 e. The standard InChI is InChI=1S/C52H48N2O4/c55-51-37-29-35-15-3-7-19-41(35)49(51)47-39-17-5-1-13-33(39)23-25-45(47)57-27-11-12-28-58-46-26-24-34-14-2-6-18-40(34)48(46)50-42-20-8-4-16-36(42)30-38(52(50)56)32-54-44-22-10-9-21-43(44)53-31-37/h1-8,13-20,23-26,29-30,43-44,53-56H,9-12,21-22,27-28,31-32H2/t43-,44-/m0/s1. The molecule has 6 nitrogen and oxygen atoms in total. The third-order valence-electron chi connectivity index (χ3n) is 12.4. The molecule has 0 spiro atoms. The maximum Gasteiger partial charge on any atom is 0.128 e. The van der Waals surface area contributed by atoms with Crippen molar-refractivity contribution in [3.63, 3.8) is 0 Å². The number of benzene rings is 8. The van der Waals surface area contributed by atoms with E-state index in [0.717, 1.165) is 126 Å². The monoisotopic (exact) mass is 764 g/mol. The third-order valence-corrected chi connectivity index (χ3v) is 12.4. The number of hydrogen-bond acceptors (Lipinski definition) is 6. The van der Waals surface area contributed by atoms with Gasteiger partial charge in [-0.05, 0) is 93.0 Å². The maximum atomic E-state index is 12.4. The Bertz CT molecular complexity index is 2620. The molecule has 1 aliphatic heterocycles. The van der Waals surface area contributed by atoms with E-state index in [1.54, 1.807) is 0 Å². The Balaban J connectivity index is 1.10. The van der Waals surface area contributed by atoms with Gasteiger partial charge in [0.1, 0.15) is 23.0 Å². The average Bonchev–Trinajstić information content (AvgIpc) is 3.26. The molecule has 8 aromatic carbocycles. The van der Waals surface area contributed by atoms with Crippen molar-refractivity contribution in [3.8, 4) is 45.3 Å². The minimum Gasteiger partial charge on any atom is -0.507 e. The molecule has 1 heterocycles. The zero-order chi connectivity index (χ0) is 39.0. The predicted octanol–water partition coefficient (Wildman–Crippen LogP) is 11.8. The summed E-state index contributed by atoms with van der Waals surface area (Å²) in [6, 6.07) is 46.3. The summed E-state index contributed by atoms with van der Waals surface area (Å²) in [6.07, 6.45) is 5.85. The second-order valence-electron chi connectivity index (χ2n) is 15.9. The van der Waals surface area contributed by atoms with Crippen molar-refractivity contribution in [1.29, 1.82) is 0 Å². The van der Waals surface area contributed by atoms with Gasteiger partial charge in [0.15, 0.2) is 0 Å². The van der Waals surface area contributed by atoms with Crippen molar-refractivity contribution >= 4 is 43.1 Å². The van der Waals surface area contributed by atoms with Crippen LogP contribution in [0.5, 0.6) is 23.0 Å². The van der Waals surface area contributed by atoms with E-state index < -0.39 is 0 Å². The molecule has 6 heteroatoms. The molecule has 8 aromatic rings. The highest BCUT2D eigenvalue weighted by atomic mass is 16.5. The smallest absolute Gasteiger partial charge is 0.128 e. The Morgan fingerprint density at radius 3 is 1.22 bits per heavy atom. The summed E-state index contributed by atoms with van der Waals surface area (Å²) in [5.74, 6) is 2.07. The Kier molecular flexibility index (Phi) is 9.81. The van der Waals surface area contributed by atoms with Crippen molar-refractivity contribution in [3.05, 3.63) is 145 Å². The number of ether oxygens (including phenoxy) is 2. The van der Waals surface area contributed by atoms with E-state index in [9.17, 15) is 10.2 Å². The van der Waals surface area contributed by atoms with Gasteiger partial charge in [0.05, 0.1) is 13.2 Å². The minimum absolute atomic E-state index is 0.178.